The molecule has 2 aromatic heterocycles. The highest BCUT2D eigenvalue weighted by Crippen LogP contribution is 2.20. The van der Waals surface area contributed by atoms with Crippen molar-refractivity contribution in [2.24, 2.45) is 0 Å². The summed E-state index contributed by atoms with van der Waals surface area (Å²) in [5.74, 6) is 5.71. The molecule has 0 bridgehead atoms. The van der Waals surface area contributed by atoms with E-state index in [1.807, 2.05) is 18.2 Å². The maximum Gasteiger partial charge on any atom is 0.272 e. The molecule has 0 saturated carbocycles. The van der Waals surface area contributed by atoms with E-state index in [0.29, 0.717) is 46.7 Å². The van der Waals surface area contributed by atoms with Crippen molar-refractivity contribution in [2.75, 3.05) is 13.2 Å². The van der Waals surface area contributed by atoms with Crippen LogP contribution in [0, 0.1) is 18.8 Å². The number of aryl methyl sites for hydroxylation is 1. The maximum absolute atomic E-state index is 14.0. The number of carbonyl (C=O) groups is 2. The van der Waals surface area contributed by atoms with Crippen molar-refractivity contribution in [1.29, 1.82) is 0 Å². The first-order chi connectivity index (χ1) is 19.4. The van der Waals surface area contributed by atoms with Crippen molar-refractivity contribution in [1.82, 2.24) is 30.2 Å². The third-order valence-corrected chi connectivity index (χ3v) is 6.57. The summed E-state index contributed by atoms with van der Waals surface area (Å²) in [5, 5.41) is 6.02. The molecular weight excluding hydrogens is 508 g/mol. The van der Waals surface area contributed by atoms with Crippen LogP contribution in [0.15, 0.2) is 65.7 Å². The Labute approximate surface area is 230 Å². The molecule has 1 aliphatic rings. The zero-order chi connectivity index (χ0) is 28.1. The van der Waals surface area contributed by atoms with E-state index in [0.717, 1.165) is 6.42 Å². The van der Waals surface area contributed by atoms with Gasteiger partial charge in [0.05, 0.1) is 34.9 Å². The Morgan fingerprint density at radius 2 is 1.93 bits per heavy atom. The highest BCUT2D eigenvalue weighted by molar-refractivity contribution is 5.93. The number of benzene rings is 2. The lowest BCUT2D eigenvalue weighted by atomic mass is 10.1. The molecule has 40 heavy (non-hydrogen) atoms. The monoisotopic (exact) mass is 536 g/mol. The summed E-state index contributed by atoms with van der Waals surface area (Å²) in [6, 6.07) is 13.7. The molecule has 2 aromatic carbocycles. The quantitative estimate of drug-likeness (QED) is 0.363. The van der Waals surface area contributed by atoms with Crippen molar-refractivity contribution >= 4 is 22.7 Å². The third kappa shape index (κ3) is 5.60. The van der Waals surface area contributed by atoms with E-state index in [1.165, 1.54) is 17.0 Å². The molecule has 0 unspecified atom stereocenters. The van der Waals surface area contributed by atoms with Crippen LogP contribution in [0.3, 0.4) is 0 Å². The van der Waals surface area contributed by atoms with E-state index in [9.17, 15) is 14.4 Å². The number of amides is 2. The van der Waals surface area contributed by atoms with Crippen molar-refractivity contribution in [3.05, 3.63) is 94.1 Å². The predicted octanol–water partition coefficient (Wildman–Crippen LogP) is 2.62. The van der Waals surface area contributed by atoms with Gasteiger partial charge in [-0.05, 0) is 51.0 Å². The fraction of sp³-hybridized carbons (Fsp3) is 0.267. The summed E-state index contributed by atoms with van der Waals surface area (Å²) >= 11 is 0. The summed E-state index contributed by atoms with van der Waals surface area (Å²) in [6.07, 6.45) is 4.11. The van der Waals surface area contributed by atoms with Crippen LogP contribution in [0.4, 0.5) is 0 Å². The molecule has 4 aromatic rings. The Kier molecular flexibility index (Phi) is 7.94. The molecule has 1 saturated heterocycles. The first-order valence-corrected chi connectivity index (χ1v) is 13.0. The van der Waals surface area contributed by atoms with E-state index >= 15 is 0 Å². The number of carbonyl (C=O) groups excluding carboxylic acids is 2. The molecular formula is C30H28N6O4. The standard InChI is InChI=1S/C30H28N6O4/c1-19-26(32-17-16-31-19)29(38)34-20(2)27-35-23-13-6-9-21(10-7-15-33-28(37)24-14-8-18-40-24)25(23)30(39)36(27)22-11-4-3-5-12-22/h3-6,9,11-13,16-17,20,24H,8,14-15,18H2,1-2H3,(H,33,37)(H,34,38)/t20-,24+/m0/s1. The molecule has 0 radical (unpaired) electrons. The number of hydrogen-bond acceptors (Lipinski definition) is 7. The van der Waals surface area contributed by atoms with E-state index in [-0.39, 0.29) is 23.7 Å². The predicted molar refractivity (Wildman–Crippen MR) is 149 cm³/mol. The highest BCUT2D eigenvalue weighted by Gasteiger charge is 2.23. The van der Waals surface area contributed by atoms with E-state index in [1.54, 1.807) is 44.2 Å². The number of nitrogens with one attached hydrogen (secondary N) is 2. The molecule has 10 heteroatoms. The summed E-state index contributed by atoms with van der Waals surface area (Å²) in [7, 11) is 0. The molecule has 2 N–H and O–H groups in total. The van der Waals surface area contributed by atoms with Gasteiger partial charge in [-0.25, -0.2) is 9.97 Å². The number of nitrogens with zero attached hydrogens (tertiary/aromatic N) is 4. The lowest BCUT2D eigenvalue weighted by Gasteiger charge is -2.20. The van der Waals surface area contributed by atoms with Gasteiger partial charge in [-0.3, -0.25) is 23.9 Å². The van der Waals surface area contributed by atoms with Crippen LogP contribution in [0.25, 0.3) is 16.6 Å². The number of aromatic nitrogens is 4. The molecule has 10 nitrogen and oxygen atoms in total. The lowest BCUT2D eigenvalue weighted by molar-refractivity contribution is -0.129. The minimum absolute atomic E-state index is 0.123. The van der Waals surface area contributed by atoms with Crippen LogP contribution < -0.4 is 16.2 Å². The van der Waals surface area contributed by atoms with Gasteiger partial charge in [0, 0.05) is 24.6 Å². The third-order valence-electron chi connectivity index (χ3n) is 6.57. The highest BCUT2D eigenvalue weighted by atomic mass is 16.5. The van der Waals surface area contributed by atoms with Gasteiger partial charge >= 0.3 is 0 Å². The normalized spacial score (nSPS) is 15.2. The van der Waals surface area contributed by atoms with Crippen LogP contribution in [0.2, 0.25) is 0 Å². The van der Waals surface area contributed by atoms with Gasteiger partial charge in [0.1, 0.15) is 17.6 Å². The van der Waals surface area contributed by atoms with Gasteiger partial charge in [0.25, 0.3) is 11.5 Å². The Balaban J connectivity index is 1.51. The SMILES string of the molecule is Cc1nccnc1C(=O)N[C@@H](C)c1nc2cccc(C#CCNC(=O)[C@H]3CCCO3)c2c(=O)n1-c1ccccc1. The Bertz CT molecular complexity index is 1680. The number of rotatable bonds is 6. The lowest BCUT2D eigenvalue weighted by Crippen LogP contribution is -2.34. The molecule has 1 aliphatic heterocycles. The van der Waals surface area contributed by atoms with E-state index in [2.05, 4.69) is 32.4 Å². The van der Waals surface area contributed by atoms with Crippen molar-refractivity contribution < 1.29 is 14.3 Å². The first kappa shape index (κ1) is 26.7. The second kappa shape index (κ2) is 11.9. The zero-order valence-electron chi connectivity index (χ0n) is 22.2. The fourth-order valence-corrected chi connectivity index (χ4v) is 4.60. The molecule has 3 heterocycles. The molecule has 202 valence electrons. The van der Waals surface area contributed by atoms with Crippen molar-refractivity contribution in [2.45, 2.75) is 38.8 Å². The van der Waals surface area contributed by atoms with Gasteiger partial charge in [-0.15, -0.1) is 0 Å². The number of fused-ring (bicyclic) bond motifs is 1. The van der Waals surface area contributed by atoms with Crippen LogP contribution in [-0.2, 0) is 9.53 Å². The van der Waals surface area contributed by atoms with Gasteiger partial charge in [0.2, 0.25) is 5.91 Å². The van der Waals surface area contributed by atoms with Crippen molar-refractivity contribution in [3.63, 3.8) is 0 Å². The van der Waals surface area contributed by atoms with E-state index in [4.69, 9.17) is 9.72 Å². The maximum atomic E-state index is 14.0. The minimum Gasteiger partial charge on any atom is -0.368 e. The second-order valence-corrected chi connectivity index (χ2v) is 9.35. The smallest absolute Gasteiger partial charge is 0.272 e. The summed E-state index contributed by atoms with van der Waals surface area (Å²) in [6.45, 7) is 4.18. The first-order valence-electron chi connectivity index (χ1n) is 13.0. The molecule has 5 rings (SSSR count). The van der Waals surface area contributed by atoms with Gasteiger partial charge < -0.3 is 15.4 Å². The number of para-hydroxylation sites is 1. The minimum atomic E-state index is -0.644. The topological polar surface area (TPSA) is 128 Å². The van der Waals surface area contributed by atoms with E-state index < -0.39 is 18.1 Å². The fourth-order valence-electron chi connectivity index (χ4n) is 4.60. The summed E-state index contributed by atoms with van der Waals surface area (Å²) < 4.78 is 6.89. The molecule has 0 spiro atoms. The average molecular weight is 537 g/mol. The summed E-state index contributed by atoms with van der Waals surface area (Å²) in [5.41, 5.74) is 1.90. The Morgan fingerprint density at radius 3 is 2.67 bits per heavy atom. The average Bonchev–Trinajstić information content (AvgIpc) is 3.51. The molecule has 1 fully saturated rings. The Morgan fingerprint density at radius 1 is 1.12 bits per heavy atom. The van der Waals surface area contributed by atoms with Crippen molar-refractivity contribution in [3.8, 4) is 17.5 Å². The van der Waals surface area contributed by atoms with Gasteiger partial charge in [0.15, 0.2) is 0 Å². The largest absolute Gasteiger partial charge is 0.368 e. The molecule has 0 aliphatic carbocycles. The zero-order valence-corrected chi connectivity index (χ0v) is 22.2. The molecule has 2 amide bonds. The number of hydrogen-bond donors (Lipinski definition) is 2. The second-order valence-electron chi connectivity index (χ2n) is 9.35. The number of ether oxygens (including phenoxy) is 1. The van der Waals surface area contributed by atoms with Gasteiger partial charge in [-0.2, -0.15) is 0 Å². The Hall–Kier alpha value is -4.88. The van der Waals surface area contributed by atoms with Crippen LogP contribution in [0.1, 0.15) is 53.4 Å². The van der Waals surface area contributed by atoms with Gasteiger partial charge in [-0.1, -0.05) is 36.1 Å². The van der Waals surface area contributed by atoms with Crippen LogP contribution in [-0.4, -0.2) is 50.6 Å². The molecule has 2 atom stereocenters. The summed E-state index contributed by atoms with van der Waals surface area (Å²) in [4.78, 5) is 52.3. The van der Waals surface area contributed by atoms with Crippen LogP contribution >= 0.6 is 0 Å². The van der Waals surface area contributed by atoms with Crippen LogP contribution in [0.5, 0.6) is 0 Å².